The number of nitrogens with zero attached hydrogens (tertiary/aromatic N) is 1. The molecule has 116 valence electrons. The molecule has 0 unspecified atom stereocenters. The number of carbonyl (C=O) groups is 1. The van der Waals surface area contributed by atoms with Crippen LogP contribution >= 0.6 is 0 Å². The molecule has 8 heteroatoms. The smallest absolute Gasteiger partial charge is 0.339 e. The van der Waals surface area contributed by atoms with Crippen molar-refractivity contribution in [2.45, 2.75) is 30.7 Å². The SMILES string of the molecule is Cc1cc(O)c(C(=O)O)cc1S(=O)(=O)N1CCC[C@@H]1CO. The number of aromatic carboxylic acids is 1. The quantitative estimate of drug-likeness (QED) is 0.747. The molecule has 1 aliphatic rings. The van der Waals surface area contributed by atoms with Gasteiger partial charge in [-0.25, -0.2) is 13.2 Å². The van der Waals surface area contributed by atoms with Gasteiger partial charge in [-0.05, 0) is 37.5 Å². The van der Waals surface area contributed by atoms with Gasteiger partial charge in [-0.2, -0.15) is 4.31 Å². The summed E-state index contributed by atoms with van der Waals surface area (Å²) in [6.45, 7) is 1.50. The molecule has 0 amide bonds. The molecule has 0 saturated carbocycles. The summed E-state index contributed by atoms with van der Waals surface area (Å²) in [6, 6.07) is 1.60. The molecule has 21 heavy (non-hydrogen) atoms. The van der Waals surface area contributed by atoms with Gasteiger partial charge in [0.2, 0.25) is 10.0 Å². The molecule has 0 spiro atoms. The summed E-state index contributed by atoms with van der Waals surface area (Å²) in [5.74, 6) is -1.87. The number of aliphatic hydroxyl groups is 1. The number of aromatic hydroxyl groups is 1. The van der Waals surface area contributed by atoms with Crippen molar-refractivity contribution >= 4 is 16.0 Å². The van der Waals surface area contributed by atoms with Crippen LogP contribution in [0.2, 0.25) is 0 Å². The van der Waals surface area contributed by atoms with Crippen molar-refractivity contribution in [3.63, 3.8) is 0 Å². The van der Waals surface area contributed by atoms with Gasteiger partial charge in [0.1, 0.15) is 11.3 Å². The molecule has 3 N–H and O–H groups in total. The molecule has 1 heterocycles. The van der Waals surface area contributed by atoms with Crippen molar-refractivity contribution in [3.8, 4) is 5.75 Å². The van der Waals surface area contributed by atoms with E-state index in [0.29, 0.717) is 12.8 Å². The molecule has 1 aliphatic heterocycles. The van der Waals surface area contributed by atoms with E-state index < -0.39 is 33.3 Å². The van der Waals surface area contributed by atoms with Crippen LogP contribution in [-0.4, -0.2) is 53.2 Å². The monoisotopic (exact) mass is 315 g/mol. The topological polar surface area (TPSA) is 115 Å². The molecule has 0 aliphatic carbocycles. The number of benzene rings is 1. The largest absolute Gasteiger partial charge is 0.507 e. The van der Waals surface area contributed by atoms with Crippen molar-refractivity contribution < 1.29 is 28.5 Å². The summed E-state index contributed by atoms with van der Waals surface area (Å²) in [7, 11) is -3.90. The van der Waals surface area contributed by atoms with Crippen LogP contribution in [0.15, 0.2) is 17.0 Å². The second-order valence-corrected chi connectivity index (χ2v) is 6.89. The first-order chi connectivity index (χ1) is 9.78. The summed E-state index contributed by atoms with van der Waals surface area (Å²) in [6.07, 6.45) is 1.21. The summed E-state index contributed by atoms with van der Waals surface area (Å²) in [4.78, 5) is 10.9. The van der Waals surface area contributed by atoms with Crippen LogP contribution < -0.4 is 0 Å². The highest BCUT2D eigenvalue weighted by molar-refractivity contribution is 7.89. The van der Waals surface area contributed by atoms with Gasteiger partial charge in [-0.3, -0.25) is 0 Å². The fourth-order valence-electron chi connectivity index (χ4n) is 2.56. The van der Waals surface area contributed by atoms with Gasteiger partial charge in [0, 0.05) is 12.6 Å². The Morgan fingerprint density at radius 2 is 2.10 bits per heavy atom. The third kappa shape index (κ3) is 2.74. The zero-order valence-electron chi connectivity index (χ0n) is 11.5. The number of hydrogen-bond donors (Lipinski definition) is 3. The molecule has 1 fully saturated rings. The van der Waals surface area contributed by atoms with Gasteiger partial charge >= 0.3 is 5.97 Å². The molecule has 1 aromatic rings. The first-order valence-electron chi connectivity index (χ1n) is 6.48. The first-order valence-corrected chi connectivity index (χ1v) is 7.92. The van der Waals surface area contributed by atoms with E-state index in [1.54, 1.807) is 0 Å². The van der Waals surface area contributed by atoms with Crippen LogP contribution in [0.5, 0.6) is 5.75 Å². The lowest BCUT2D eigenvalue weighted by atomic mass is 10.1. The van der Waals surface area contributed by atoms with Crippen molar-refractivity contribution in [1.29, 1.82) is 0 Å². The lowest BCUT2D eigenvalue weighted by Crippen LogP contribution is -2.38. The summed E-state index contributed by atoms with van der Waals surface area (Å²) < 4.78 is 26.5. The summed E-state index contributed by atoms with van der Waals surface area (Å²) in [5, 5.41) is 27.9. The Kier molecular flexibility index (Phi) is 4.22. The highest BCUT2D eigenvalue weighted by Crippen LogP contribution is 2.31. The Morgan fingerprint density at radius 1 is 1.43 bits per heavy atom. The number of aliphatic hydroxyl groups excluding tert-OH is 1. The van der Waals surface area contributed by atoms with Gasteiger partial charge < -0.3 is 15.3 Å². The van der Waals surface area contributed by atoms with Crippen molar-refractivity contribution in [2.75, 3.05) is 13.2 Å². The van der Waals surface area contributed by atoms with Crippen LogP contribution in [0, 0.1) is 6.92 Å². The van der Waals surface area contributed by atoms with E-state index in [1.807, 2.05) is 0 Å². The van der Waals surface area contributed by atoms with Gasteiger partial charge in [0.15, 0.2) is 0 Å². The zero-order valence-corrected chi connectivity index (χ0v) is 12.3. The number of aryl methyl sites for hydroxylation is 1. The lowest BCUT2D eigenvalue weighted by molar-refractivity contribution is 0.0693. The van der Waals surface area contributed by atoms with E-state index in [1.165, 1.54) is 11.2 Å². The Balaban J connectivity index is 2.54. The third-order valence-corrected chi connectivity index (χ3v) is 5.74. The van der Waals surface area contributed by atoms with E-state index >= 15 is 0 Å². The fourth-order valence-corrected chi connectivity index (χ4v) is 4.48. The first kappa shape index (κ1) is 15.7. The predicted molar refractivity (Wildman–Crippen MR) is 73.8 cm³/mol. The molecule has 1 atom stereocenters. The lowest BCUT2D eigenvalue weighted by Gasteiger charge is -2.23. The molecular weight excluding hydrogens is 298 g/mol. The van der Waals surface area contributed by atoms with Crippen molar-refractivity contribution in [3.05, 3.63) is 23.3 Å². The highest BCUT2D eigenvalue weighted by atomic mass is 32.2. The maximum Gasteiger partial charge on any atom is 0.339 e. The maximum absolute atomic E-state index is 12.7. The van der Waals surface area contributed by atoms with Crippen LogP contribution in [0.25, 0.3) is 0 Å². The van der Waals surface area contributed by atoms with Gasteiger partial charge in [0.05, 0.1) is 11.5 Å². The van der Waals surface area contributed by atoms with Gasteiger partial charge in [-0.15, -0.1) is 0 Å². The summed E-state index contributed by atoms with van der Waals surface area (Å²) in [5.41, 5.74) is -0.194. The van der Waals surface area contributed by atoms with Crippen molar-refractivity contribution in [1.82, 2.24) is 4.31 Å². The van der Waals surface area contributed by atoms with Crippen LogP contribution in [-0.2, 0) is 10.0 Å². The number of carboxylic acid groups (broad SMARTS) is 1. The van der Waals surface area contributed by atoms with E-state index in [9.17, 15) is 23.4 Å². The predicted octanol–water partition coefficient (Wildman–Crippen LogP) is 0.544. The van der Waals surface area contributed by atoms with E-state index in [-0.39, 0.29) is 23.6 Å². The molecular formula is C13H17NO6S. The number of rotatable bonds is 4. The molecule has 0 radical (unpaired) electrons. The zero-order chi connectivity index (χ0) is 15.8. The number of sulfonamides is 1. The Bertz CT molecular complexity index is 669. The minimum absolute atomic E-state index is 0.155. The average molecular weight is 315 g/mol. The van der Waals surface area contributed by atoms with Crippen LogP contribution in [0.4, 0.5) is 0 Å². The number of carboxylic acids is 1. The molecule has 0 aromatic heterocycles. The minimum atomic E-state index is -3.90. The third-order valence-electron chi connectivity index (χ3n) is 3.64. The number of phenols is 1. The second kappa shape index (κ2) is 5.63. The van der Waals surface area contributed by atoms with Crippen LogP contribution in [0.1, 0.15) is 28.8 Å². The molecule has 7 nitrogen and oxygen atoms in total. The summed E-state index contributed by atoms with van der Waals surface area (Å²) >= 11 is 0. The minimum Gasteiger partial charge on any atom is -0.507 e. The van der Waals surface area contributed by atoms with E-state index in [0.717, 1.165) is 12.1 Å². The standard InChI is InChI=1S/C13H17NO6S/c1-8-5-11(16)10(13(17)18)6-12(8)21(19,20)14-4-2-3-9(14)7-15/h5-6,9,15-16H,2-4,7H2,1H3,(H,17,18)/t9-/m1/s1. The maximum atomic E-state index is 12.7. The second-order valence-electron chi connectivity index (χ2n) is 5.03. The molecule has 1 aromatic carbocycles. The fraction of sp³-hybridized carbons (Fsp3) is 0.462. The normalized spacial score (nSPS) is 19.8. The number of hydrogen-bond acceptors (Lipinski definition) is 5. The van der Waals surface area contributed by atoms with Gasteiger partial charge in [0.25, 0.3) is 0 Å². The van der Waals surface area contributed by atoms with E-state index in [2.05, 4.69) is 0 Å². The Labute approximate surface area is 122 Å². The van der Waals surface area contributed by atoms with E-state index in [4.69, 9.17) is 5.11 Å². The molecule has 2 rings (SSSR count). The highest BCUT2D eigenvalue weighted by Gasteiger charge is 2.36. The van der Waals surface area contributed by atoms with Crippen molar-refractivity contribution in [2.24, 2.45) is 0 Å². The average Bonchev–Trinajstić information content (AvgIpc) is 2.86. The molecule has 0 bridgehead atoms. The Hall–Kier alpha value is -1.64. The Morgan fingerprint density at radius 3 is 2.67 bits per heavy atom. The van der Waals surface area contributed by atoms with Gasteiger partial charge in [-0.1, -0.05) is 0 Å². The van der Waals surface area contributed by atoms with Crippen LogP contribution in [0.3, 0.4) is 0 Å². The molecule has 1 saturated heterocycles.